The summed E-state index contributed by atoms with van der Waals surface area (Å²) in [7, 11) is 1.35. The molecule has 2 heterocycles. The molecule has 0 radical (unpaired) electrons. The van der Waals surface area contributed by atoms with Crippen LogP contribution in [0.5, 0.6) is 0 Å². The lowest BCUT2D eigenvalue weighted by molar-refractivity contribution is -0.150. The fourth-order valence-corrected chi connectivity index (χ4v) is 2.86. The molecule has 0 aromatic heterocycles. The van der Waals surface area contributed by atoms with Crippen molar-refractivity contribution in [3.05, 3.63) is 0 Å². The van der Waals surface area contributed by atoms with Crippen LogP contribution in [0, 0.1) is 0 Å². The second-order valence-corrected chi connectivity index (χ2v) is 5.81. The first-order chi connectivity index (χ1) is 10.7. The van der Waals surface area contributed by atoms with Gasteiger partial charge in [0.1, 0.15) is 6.61 Å². The highest BCUT2D eigenvalue weighted by Gasteiger charge is 2.24. The third kappa shape index (κ3) is 5.55. The van der Waals surface area contributed by atoms with E-state index in [4.69, 9.17) is 4.74 Å². The first-order valence-electron chi connectivity index (χ1n) is 8.08. The average molecular weight is 313 g/mol. The van der Waals surface area contributed by atoms with Gasteiger partial charge in [-0.25, -0.2) is 4.79 Å². The maximum atomic E-state index is 12.2. The van der Waals surface area contributed by atoms with Crippen molar-refractivity contribution in [2.75, 3.05) is 59.5 Å². The van der Waals surface area contributed by atoms with E-state index in [-0.39, 0.29) is 24.6 Å². The molecule has 7 heteroatoms. The Hall–Kier alpha value is -1.18. The van der Waals surface area contributed by atoms with Gasteiger partial charge in [0.25, 0.3) is 0 Å². The standard InChI is InChI=1S/C15H27N3O4/c1-21-15(20)12-22-13-2-8-18(9-3-13)14(19)4-7-17-10-5-16-6-11-17/h13,16H,2-12H2,1H3. The van der Waals surface area contributed by atoms with Gasteiger partial charge in [0.15, 0.2) is 0 Å². The Labute approximate surface area is 131 Å². The van der Waals surface area contributed by atoms with Gasteiger partial charge in [-0.1, -0.05) is 0 Å². The molecule has 2 aliphatic heterocycles. The van der Waals surface area contributed by atoms with E-state index in [1.54, 1.807) is 0 Å². The smallest absolute Gasteiger partial charge is 0.331 e. The van der Waals surface area contributed by atoms with E-state index < -0.39 is 0 Å². The number of ether oxygens (including phenoxy) is 2. The summed E-state index contributed by atoms with van der Waals surface area (Å²) in [5.74, 6) is -0.125. The summed E-state index contributed by atoms with van der Waals surface area (Å²) in [6.45, 7) is 6.34. The predicted molar refractivity (Wildman–Crippen MR) is 81.5 cm³/mol. The normalized spacial score (nSPS) is 20.9. The minimum Gasteiger partial charge on any atom is -0.467 e. The van der Waals surface area contributed by atoms with E-state index in [0.717, 1.165) is 45.6 Å². The number of piperazine rings is 1. The highest BCUT2D eigenvalue weighted by Crippen LogP contribution is 2.14. The van der Waals surface area contributed by atoms with E-state index in [1.807, 2.05) is 4.90 Å². The molecule has 0 aromatic carbocycles. The first kappa shape index (κ1) is 17.2. The summed E-state index contributed by atoms with van der Waals surface area (Å²) in [4.78, 5) is 27.5. The lowest BCUT2D eigenvalue weighted by Gasteiger charge is -2.33. The van der Waals surface area contributed by atoms with Gasteiger partial charge in [-0.2, -0.15) is 0 Å². The maximum absolute atomic E-state index is 12.2. The van der Waals surface area contributed by atoms with Gasteiger partial charge in [-0.05, 0) is 12.8 Å². The lowest BCUT2D eigenvalue weighted by Crippen LogP contribution is -2.46. The number of hydrogen-bond acceptors (Lipinski definition) is 6. The third-order valence-corrected chi connectivity index (χ3v) is 4.31. The summed E-state index contributed by atoms with van der Waals surface area (Å²) < 4.78 is 10.0. The topological polar surface area (TPSA) is 71.1 Å². The molecule has 2 aliphatic rings. The molecule has 0 aromatic rings. The minimum absolute atomic E-state index is 0.00188. The van der Waals surface area contributed by atoms with Gasteiger partial charge < -0.3 is 24.6 Å². The molecule has 126 valence electrons. The number of hydrogen-bond donors (Lipinski definition) is 1. The second kappa shape index (κ2) is 9.07. The number of amides is 1. The Morgan fingerprint density at radius 1 is 1.14 bits per heavy atom. The Morgan fingerprint density at radius 3 is 2.45 bits per heavy atom. The number of piperidine rings is 1. The van der Waals surface area contributed by atoms with E-state index in [0.29, 0.717) is 19.5 Å². The maximum Gasteiger partial charge on any atom is 0.331 e. The quantitative estimate of drug-likeness (QED) is 0.664. The van der Waals surface area contributed by atoms with Crippen molar-refractivity contribution < 1.29 is 19.1 Å². The molecule has 0 aliphatic carbocycles. The van der Waals surface area contributed by atoms with Crippen LogP contribution in [0.15, 0.2) is 0 Å². The van der Waals surface area contributed by atoms with Crippen molar-refractivity contribution in [2.24, 2.45) is 0 Å². The van der Waals surface area contributed by atoms with E-state index >= 15 is 0 Å². The third-order valence-electron chi connectivity index (χ3n) is 4.31. The van der Waals surface area contributed by atoms with Gasteiger partial charge >= 0.3 is 5.97 Å². The predicted octanol–water partition coefficient (Wildman–Crippen LogP) is -0.538. The average Bonchev–Trinajstić information content (AvgIpc) is 2.59. The fraction of sp³-hybridized carbons (Fsp3) is 0.867. The Bertz CT molecular complexity index is 364. The Morgan fingerprint density at radius 2 is 1.82 bits per heavy atom. The van der Waals surface area contributed by atoms with Crippen LogP contribution >= 0.6 is 0 Å². The zero-order chi connectivity index (χ0) is 15.8. The highest BCUT2D eigenvalue weighted by atomic mass is 16.6. The largest absolute Gasteiger partial charge is 0.467 e. The molecule has 1 amide bonds. The van der Waals surface area contributed by atoms with Crippen LogP contribution in [-0.4, -0.2) is 87.3 Å². The molecule has 1 N–H and O–H groups in total. The van der Waals surface area contributed by atoms with Crippen LogP contribution < -0.4 is 5.32 Å². The lowest BCUT2D eigenvalue weighted by atomic mass is 10.1. The molecule has 2 saturated heterocycles. The Balaban J connectivity index is 1.61. The molecule has 22 heavy (non-hydrogen) atoms. The van der Waals surface area contributed by atoms with Crippen molar-refractivity contribution in [3.63, 3.8) is 0 Å². The van der Waals surface area contributed by atoms with Gasteiger partial charge in [-0.3, -0.25) is 4.79 Å². The number of rotatable bonds is 6. The summed E-state index contributed by atoms with van der Waals surface area (Å²) in [5, 5.41) is 3.31. The molecule has 7 nitrogen and oxygen atoms in total. The van der Waals surface area contributed by atoms with Crippen LogP contribution in [0.3, 0.4) is 0 Å². The molecule has 2 rings (SSSR count). The molecular formula is C15H27N3O4. The number of esters is 1. The van der Waals surface area contributed by atoms with Crippen molar-refractivity contribution in [3.8, 4) is 0 Å². The fourth-order valence-electron chi connectivity index (χ4n) is 2.86. The number of nitrogens with one attached hydrogen (secondary N) is 1. The van der Waals surface area contributed by atoms with Crippen LogP contribution in [0.2, 0.25) is 0 Å². The van der Waals surface area contributed by atoms with Crippen molar-refractivity contribution in [1.29, 1.82) is 0 Å². The van der Waals surface area contributed by atoms with Crippen molar-refractivity contribution >= 4 is 11.9 Å². The molecule has 0 bridgehead atoms. The van der Waals surface area contributed by atoms with Crippen LogP contribution in [-0.2, 0) is 19.1 Å². The summed E-state index contributed by atoms with van der Waals surface area (Å²) in [6.07, 6.45) is 2.22. The van der Waals surface area contributed by atoms with Gasteiger partial charge in [-0.15, -0.1) is 0 Å². The highest BCUT2D eigenvalue weighted by molar-refractivity contribution is 5.76. The van der Waals surface area contributed by atoms with Gasteiger partial charge in [0.2, 0.25) is 5.91 Å². The molecule has 2 fully saturated rings. The zero-order valence-electron chi connectivity index (χ0n) is 13.4. The molecule has 0 atom stereocenters. The van der Waals surface area contributed by atoms with Gasteiger partial charge in [0.05, 0.1) is 13.2 Å². The molecule has 0 spiro atoms. The molecular weight excluding hydrogens is 286 g/mol. The SMILES string of the molecule is COC(=O)COC1CCN(C(=O)CCN2CCNCC2)CC1. The number of likely N-dealkylation sites (tertiary alicyclic amines) is 1. The minimum atomic E-state index is -0.352. The van der Waals surface area contributed by atoms with Crippen LogP contribution in [0.1, 0.15) is 19.3 Å². The summed E-state index contributed by atoms with van der Waals surface area (Å²) >= 11 is 0. The number of carbonyl (C=O) groups excluding carboxylic acids is 2. The summed E-state index contributed by atoms with van der Waals surface area (Å²) in [6, 6.07) is 0. The number of methoxy groups -OCH3 is 1. The van der Waals surface area contributed by atoms with Crippen LogP contribution in [0.4, 0.5) is 0 Å². The first-order valence-corrected chi connectivity index (χ1v) is 8.08. The molecule has 0 unspecified atom stereocenters. The van der Waals surface area contributed by atoms with E-state index in [1.165, 1.54) is 7.11 Å². The van der Waals surface area contributed by atoms with Gasteiger partial charge in [0, 0.05) is 52.2 Å². The monoisotopic (exact) mass is 313 g/mol. The zero-order valence-corrected chi connectivity index (χ0v) is 13.4. The van der Waals surface area contributed by atoms with Crippen molar-refractivity contribution in [1.82, 2.24) is 15.1 Å². The second-order valence-electron chi connectivity index (χ2n) is 5.81. The van der Waals surface area contributed by atoms with Crippen LogP contribution in [0.25, 0.3) is 0 Å². The Kier molecular flexibility index (Phi) is 7.08. The van der Waals surface area contributed by atoms with Crippen molar-refractivity contribution in [2.45, 2.75) is 25.4 Å². The number of nitrogens with zero attached hydrogens (tertiary/aromatic N) is 2. The van der Waals surface area contributed by atoms with E-state index in [2.05, 4.69) is 15.0 Å². The van der Waals surface area contributed by atoms with E-state index in [9.17, 15) is 9.59 Å². The number of carbonyl (C=O) groups is 2. The molecule has 0 saturated carbocycles. The summed E-state index contributed by atoms with van der Waals surface area (Å²) in [5.41, 5.74) is 0.